The number of likely N-dealkylation sites (tertiary alicyclic amines) is 1. The number of piperidine rings is 1. The van der Waals surface area contributed by atoms with Crippen LogP contribution in [0.3, 0.4) is 0 Å². The predicted octanol–water partition coefficient (Wildman–Crippen LogP) is 3.28. The average Bonchev–Trinajstić information content (AvgIpc) is 2.40. The van der Waals surface area contributed by atoms with Crippen molar-refractivity contribution in [1.29, 1.82) is 0 Å². The van der Waals surface area contributed by atoms with Gasteiger partial charge in [-0.3, -0.25) is 14.9 Å². The second-order valence-corrected chi connectivity index (χ2v) is 5.38. The van der Waals surface area contributed by atoms with Crippen molar-refractivity contribution in [3.8, 4) is 0 Å². The fourth-order valence-corrected chi connectivity index (χ4v) is 2.80. The minimum atomic E-state index is -1.21. The monoisotopic (exact) mass is 298 g/mol. The number of carbonyl (C=O) groups is 1. The summed E-state index contributed by atoms with van der Waals surface area (Å²) in [6, 6.07) is 0.934. The molecule has 0 aliphatic carbocycles. The van der Waals surface area contributed by atoms with E-state index in [9.17, 15) is 23.7 Å². The number of benzene rings is 1. The molecule has 1 fully saturated rings. The van der Waals surface area contributed by atoms with E-state index >= 15 is 0 Å². The number of hydrogen-bond acceptors (Lipinski definition) is 3. The van der Waals surface area contributed by atoms with Crippen LogP contribution in [0.25, 0.3) is 0 Å². The smallest absolute Gasteiger partial charge is 0.307 e. The first-order valence-electron chi connectivity index (χ1n) is 6.79. The number of amides is 1. The van der Waals surface area contributed by atoms with Gasteiger partial charge in [0.1, 0.15) is 5.82 Å². The molecule has 1 aromatic carbocycles. The Morgan fingerprint density at radius 2 is 1.81 bits per heavy atom. The Hall–Kier alpha value is -2.05. The fourth-order valence-electron chi connectivity index (χ4n) is 2.80. The summed E-state index contributed by atoms with van der Waals surface area (Å²) in [5.41, 5.74) is -1.43. The number of halogens is 2. The van der Waals surface area contributed by atoms with E-state index in [2.05, 4.69) is 0 Å². The minimum absolute atomic E-state index is 0.0705. The van der Waals surface area contributed by atoms with Crippen LogP contribution < -0.4 is 0 Å². The van der Waals surface area contributed by atoms with Crippen molar-refractivity contribution in [2.45, 2.75) is 45.2 Å². The molecule has 0 spiro atoms. The molecule has 0 radical (unpaired) electrons. The van der Waals surface area contributed by atoms with E-state index in [1.165, 1.54) is 4.90 Å². The Morgan fingerprint density at radius 3 is 2.33 bits per heavy atom. The molecule has 1 aromatic rings. The number of rotatable bonds is 2. The fraction of sp³-hybridized carbons (Fsp3) is 0.500. The van der Waals surface area contributed by atoms with E-state index in [0.717, 1.165) is 19.3 Å². The molecule has 0 unspecified atom stereocenters. The first-order valence-corrected chi connectivity index (χ1v) is 6.79. The topological polar surface area (TPSA) is 63.5 Å². The number of hydrogen-bond donors (Lipinski definition) is 0. The third-order valence-corrected chi connectivity index (χ3v) is 3.89. The molecule has 2 atom stereocenters. The van der Waals surface area contributed by atoms with Gasteiger partial charge in [0.15, 0.2) is 0 Å². The van der Waals surface area contributed by atoms with Crippen LogP contribution >= 0.6 is 0 Å². The van der Waals surface area contributed by atoms with Gasteiger partial charge in [-0.1, -0.05) is 0 Å². The van der Waals surface area contributed by atoms with Gasteiger partial charge in [-0.2, -0.15) is 4.39 Å². The molecule has 1 saturated heterocycles. The van der Waals surface area contributed by atoms with Crippen molar-refractivity contribution >= 4 is 11.6 Å². The van der Waals surface area contributed by atoms with Crippen LogP contribution in [0, 0.1) is 21.7 Å². The summed E-state index contributed by atoms with van der Waals surface area (Å²) in [4.78, 5) is 23.5. The van der Waals surface area contributed by atoms with Crippen LogP contribution in [0.2, 0.25) is 0 Å². The van der Waals surface area contributed by atoms with Gasteiger partial charge < -0.3 is 4.90 Å². The van der Waals surface area contributed by atoms with Gasteiger partial charge in [0, 0.05) is 12.1 Å². The van der Waals surface area contributed by atoms with E-state index in [1.54, 1.807) is 0 Å². The maximum absolute atomic E-state index is 13.9. The van der Waals surface area contributed by atoms with Gasteiger partial charge in [0.05, 0.1) is 16.6 Å². The minimum Gasteiger partial charge on any atom is -0.333 e. The zero-order chi connectivity index (χ0) is 15.7. The number of carbonyl (C=O) groups excluding carboxylic acids is 1. The van der Waals surface area contributed by atoms with Crippen molar-refractivity contribution in [1.82, 2.24) is 4.90 Å². The molecule has 114 valence electrons. The van der Waals surface area contributed by atoms with Crippen LogP contribution in [0.15, 0.2) is 12.1 Å². The Balaban J connectivity index is 2.39. The molecule has 21 heavy (non-hydrogen) atoms. The van der Waals surface area contributed by atoms with E-state index in [4.69, 9.17) is 0 Å². The quantitative estimate of drug-likeness (QED) is 0.621. The highest BCUT2D eigenvalue weighted by molar-refractivity contribution is 5.95. The van der Waals surface area contributed by atoms with E-state index in [-0.39, 0.29) is 12.1 Å². The standard InChI is InChI=1S/C14H16F2N2O3/c1-8-4-3-5-9(2)17(8)14(19)10-6-12(16)13(18(20)21)7-11(10)15/h6-9H,3-5H2,1-2H3/t8-,9+. The molecule has 1 aliphatic rings. The molecular weight excluding hydrogens is 282 g/mol. The zero-order valence-corrected chi connectivity index (χ0v) is 11.8. The lowest BCUT2D eigenvalue weighted by molar-refractivity contribution is -0.387. The SMILES string of the molecule is C[C@@H]1CCC[C@H](C)N1C(=O)c1cc(F)c([N+](=O)[O-])cc1F. The molecule has 2 rings (SSSR count). The van der Waals surface area contributed by atoms with Crippen molar-refractivity contribution in [3.05, 3.63) is 39.4 Å². The average molecular weight is 298 g/mol. The Kier molecular flexibility index (Phi) is 4.20. The normalized spacial score (nSPS) is 22.2. The molecule has 7 heteroatoms. The summed E-state index contributed by atoms with van der Waals surface area (Å²) in [5.74, 6) is -2.90. The number of nitrogens with zero attached hydrogens (tertiary/aromatic N) is 2. The molecular formula is C14H16F2N2O3. The highest BCUT2D eigenvalue weighted by Gasteiger charge is 2.32. The molecule has 1 aliphatic heterocycles. The van der Waals surface area contributed by atoms with Gasteiger partial charge in [0.25, 0.3) is 5.91 Å². The molecule has 1 heterocycles. The third-order valence-electron chi connectivity index (χ3n) is 3.89. The lowest BCUT2D eigenvalue weighted by Crippen LogP contribution is -2.47. The van der Waals surface area contributed by atoms with Crippen molar-refractivity contribution in [2.24, 2.45) is 0 Å². The van der Waals surface area contributed by atoms with Crippen molar-refractivity contribution in [2.75, 3.05) is 0 Å². The van der Waals surface area contributed by atoms with Gasteiger partial charge >= 0.3 is 5.69 Å². The Morgan fingerprint density at radius 1 is 1.24 bits per heavy atom. The number of nitro groups is 1. The molecule has 0 bridgehead atoms. The first kappa shape index (κ1) is 15.3. The first-order chi connectivity index (χ1) is 9.82. The Bertz CT molecular complexity index is 582. The van der Waals surface area contributed by atoms with E-state index in [1.807, 2.05) is 13.8 Å². The van der Waals surface area contributed by atoms with Crippen LogP contribution in [-0.4, -0.2) is 27.8 Å². The van der Waals surface area contributed by atoms with Gasteiger partial charge in [-0.15, -0.1) is 0 Å². The lowest BCUT2D eigenvalue weighted by atomic mass is 9.96. The second-order valence-electron chi connectivity index (χ2n) is 5.38. The molecule has 0 saturated carbocycles. The maximum atomic E-state index is 13.9. The maximum Gasteiger partial charge on any atom is 0.307 e. The largest absolute Gasteiger partial charge is 0.333 e. The molecule has 5 nitrogen and oxygen atoms in total. The predicted molar refractivity (Wildman–Crippen MR) is 72.0 cm³/mol. The van der Waals surface area contributed by atoms with Crippen molar-refractivity contribution < 1.29 is 18.5 Å². The summed E-state index contributed by atoms with van der Waals surface area (Å²) >= 11 is 0. The van der Waals surface area contributed by atoms with E-state index in [0.29, 0.717) is 12.1 Å². The van der Waals surface area contributed by atoms with Gasteiger partial charge in [-0.25, -0.2) is 4.39 Å². The van der Waals surface area contributed by atoms with E-state index < -0.39 is 33.7 Å². The highest BCUT2D eigenvalue weighted by Crippen LogP contribution is 2.27. The summed E-state index contributed by atoms with van der Waals surface area (Å²) < 4.78 is 27.6. The van der Waals surface area contributed by atoms with Crippen LogP contribution in [0.4, 0.5) is 14.5 Å². The van der Waals surface area contributed by atoms with Crippen LogP contribution in [0.5, 0.6) is 0 Å². The molecule has 1 amide bonds. The molecule has 0 N–H and O–H groups in total. The van der Waals surface area contributed by atoms with Gasteiger partial charge in [-0.05, 0) is 39.2 Å². The molecule has 0 aromatic heterocycles. The number of nitro benzene ring substituents is 1. The van der Waals surface area contributed by atoms with Gasteiger partial charge in [0.2, 0.25) is 5.82 Å². The van der Waals surface area contributed by atoms with Crippen LogP contribution in [-0.2, 0) is 0 Å². The Labute approximate surface area is 120 Å². The zero-order valence-electron chi connectivity index (χ0n) is 11.8. The lowest BCUT2D eigenvalue weighted by Gasteiger charge is -2.39. The second kappa shape index (κ2) is 5.75. The third kappa shape index (κ3) is 2.86. The van der Waals surface area contributed by atoms with Crippen LogP contribution in [0.1, 0.15) is 43.5 Å². The van der Waals surface area contributed by atoms with Crippen molar-refractivity contribution in [3.63, 3.8) is 0 Å². The summed E-state index contributed by atoms with van der Waals surface area (Å²) in [5, 5.41) is 10.6. The summed E-state index contributed by atoms with van der Waals surface area (Å²) in [7, 11) is 0. The highest BCUT2D eigenvalue weighted by atomic mass is 19.1. The summed E-state index contributed by atoms with van der Waals surface area (Å²) in [6.07, 6.45) is 2.57. The summed E-state index contributed by atoms with van der Waals surface area (Å²) in [6.45, 7) is 3.71.